The molecule has 1 aromatic rings. The van der Waals surface area contributed by atoms with E-state index in [-0.39, 0.29) is 5.75 Å². The lowest BCUT2D eigenvalue weighted by Crippen LogP contribution is -2.22. The quantitative estimate of drug-likeness (QED) is 0.654. The fourth-order valence-electron chi connectivity index (χ4n) is 0.981. The molecule has 0 fully saturated rings. The number of nitrogens with two attached hydrogens (primary N) is 1. The van der Waals surface area contributed by atoms with Crippen LogP contribution >= 0.6 is 0 Å². The summed E-state index contributed by atoms with van der Waals surface area (Å²) >= 11 is 0. The van der Waals surface area contributed by atoms with Gasteiger partial charge < -0.3 is 15.6 Å². The molecule has 13 heavy (non-hydrogen) atoms. The van der Waals surface area contributed by atoms with Crippen molar-refractivity contribution in [3.8, 4) is 5.75 Å². The standard InChI is InChI=1S/C9H11NO3/c1-13-9(12)8(10)6-3-2-4-7(11)5-6/h2-5,8,11H,10H2,1H3. The fourth-order valence-corrected chi connectivity index (χ4v) is 0.981. The van der Waals surface area contributed by atoms with Crippen molar-refractivity contribution in [3.63, 3.8) is 0 Å². The fraction of sp³-hybridized carbons (Fsp3) is 0.222. The van der Waals surface area contributed by atoms with Crippen molar-refractivity contribution in [2.24, 2.45) is 5.73 Å². The Morgan fingerprint density at radius 2 is 2.31 bits per heavy atom. The molecule has 0 aliphatic heterocycles. The number of carbonyl (C=O) groups excluding carboxylic acids is 1. The lowest BCUT2D eigenvalue weighted by molar-refractivity contribution is -0.142. The van der Waals surface area contributed by atoms with Crippen LogP contribution in [0.2, 0.25) is 0 Å². The first-order valence-corrected chi connectivity index (χ1v) is 3.77. The van der Waals surface area contributed by atoms with Crippen molar-refractivity contribution < 1.29 is 14.6 Å². The molecular weight excluding hydrogens is 170 g/mol. The van der Waals surface area contributed by atoms with E-state index in [2.05, 4.69) is 4.74 Å². The molecule has 1 aromatic carbocycles. The summed E-state index contributed by atoms with van der Waals surface area (Å²) < 4.78 is 4.46. The van der Waals surface area contributed by atoms with Crippen LogP contribution in [0, 0.1) is 0 Å². The zero-order chi connectivity index (χ0) is 9.84. The third-order valence-corrected chi connectivity index (χ3v) is 1.68. The van der Waals surface area contributed by atoms with Gasteiger partial charge in [-0.3, -0.25) is 4.79 Å². The molecule has 0 amide bonds. The number of phenols is 1. The minimum absolute atomic E-state index is 0.0804. The molecule has 0 bridgehead atoms. The van der Waals surface area contributed by atoms with Crippen molar-refractivity contribution in [3.05, 3.63) is 29.8 Å². The minimum atomic E-state index is -0.836. The van der Waals surface area contributed by atoms with Crippen LogP contribution in [-0.2, 0) is 9.53 Å². The molecule has 1 unspecified atom stereocenters. The second kappa shape index (κ2) is 3.91. The van der Waals surface area contributed by atoms with Gasteiger partial charge in [0.25, 0.3) is 0 Å². The van der Waals surface area contributed by atoms with Crippen LogP contribution < -0.4 is 5.73 Å². The van der Waals surface area contributed by atoms with Gasteiger partial charge in [0.15, 0.2) is 0 Å². The number of hydrogen-bond donors (Lipinski definition) is 2. The predicted molar refractivity (Wildman–Crippen MR) is 47.1 cm³/mol. The Balaban J connectivity index is 2.88. The maximum absolute atomic E-state index is 11.0. The molecule has 4 heteroatoms. The Kier molecular flexibility index (Phi) is 2.87. The molecular formula is C9H11NO3. The molecule has 0 saturated carbocycles. The number of ether oxygens (including phenoxy) is 1. The summed E-state index contributed by atoms with van der Waals surface area (Å²) in [6.45, 7) is 0. The number of benzene rings is 1. The Bertz CT molecular complexity index is 311. The van der Waals surface area contributed by atoms with Gasteiger partial charge in [-0.05, 0) is 17.7 Å². The summed E-state index contributed by atoms with van der Waals surface area (Å²) in [5, 5.41) is 9.11. The summed E-state index contributed by atoms with van der Waals surface area (Å²) in [5.41, 5.74) is 6.07. The Labute approximate surface area is 75.9 Å². The molecule has 4 nitrogen and oxygen atoms in total. The second-order valence-electron chi connectivity index (χ2n) is 2.60. The highest BCUT2D eigenvalue weighted by Crippen LogP contribution is 2.16. The van der Waals surface area contributed by atoms with E-state index < -0.39 is 12.0 Å². The lowest BCUT2D eigenvalue weighted by atomic mass is 10.1. The van der Waals surface area contributed by atoms with Crippen LogP contribution in [0.25, 0.3) is 0 Å². The van der Waals surface area contributed by atoms with Gasteiger partial charge >= 0.3 is 5.97 Å². The number of aromatic hydroxyl groups is 1. The lowest BCUT2D eigenvalue weighted by Gasteiger charge is -2.08. The van der Waals surface area contributed by atoms with E-state index in [9.17, 15) is 4.79 Å². The largest absolute Gasteiger partial charge is 0.508 e. The van der Waals surface area contributed by atoms with Crippen LogP contribution in [0.4, 0.5) is 0 Å². The van der Waals surface area contributed by atoms with E-state index in [0.29, 0.717) is 5.56 Å². The highest BCUT2D eigenvalue weighted by Gasteiger charge is 2.15. The van der Waals surface area contributed by atoms with E-state index in [1.165, 1.54) is 19.2 Å². The average molecular weight is 181 g/mol. The van der Waals surface area contributed by atoms with Crippen molar-refractivity contribution in [1.29, 1.82) is 0 Å². The average Bonchev–Trinajstić information content (AvgIpc) is 2.15. The zero-order valence-electron chi connectivity index (χ0n) is 7.23. The number of phenolic OH excluding ortho intramolecular Hbond substituents is 1. The van der Waals surface area contributed by atoms with Crippen LogP contribution in [0.1, 0.15) is 11.6 Å². The van der Waals surface area contributed by atoms with Gasteiger partial charge in [-0.15, -0.1) is 0 Å². The highest BCUT2D eigenvalue weighted by molar-refractivity contribution is 5.77. The van der Waals surface area contributed by atoms with Gasteiger partial charge in [0.2, 0.25) is 0 Å². The van der Waals surface area contributed by atoms with Crippen LogP contribution in [-0.4, -0.2) is 18.2 Å². The third kappa shape index (κ3) is 2.19. The van der Waals surface area contributed by atoms with Crippen LogP contribution in [0.15, 0.2) is 24.3 Å². The highest BCUT2D eigenvalue weighted by atomic mass is 16.5. The molecule has 1 rings (SSSR count). The van der Waals surface area contributed by atoms with Crippen LogP contribution in [0.5, 0.6) is 5.75 Å². The number of rotatable bonds is 2. The summed E-state index contributed by atoms with van der Waals surface area (Å²) in [4.78, 5) is 11.0. The van der Waals surface area contributed by atoms with E-state index in [0.717, 1.165) is 0 Å². The first-order chi connectivity index (χ1) is 6.15. The second-order valence-corrected chi connectivity index (χ2v) is 2.60. The molecule has 0 spiro atoms. The summed E-state index contributed by atoms with van der Waals surface area (Å²) in [5.74, 6) is -0.442. The van der Waals surface area contributed by atoms with E-state index in [1.807, 2.05) is 0 Å². The number of esters is 1. The smallest absolute Gasteiger partial charge is 0.327 e. The normalized spacial score (nSPS) is 12.2. The molecule has 3 N–H and O–H groups in total. The molecule has 0 aliphatic carbocycles. The molecule has 0 radical (unpaired) electrons. The third-order valence-electron chi connectivity index (χ3n) is 1.68. The van der Waals surface area contributed by atoms with Gasteiger partial charge in [0.05, 0.1) is 7.11 Å². The van der Waals surface area contributed by atoms with Crippen molar-refractivity contribution in [1.82, 2.24) is 0 Å². The molecule has 0 saturated heterocycles. The SMILES string of the molecule is COC(=O)C(N)c1cccc(O)c1. The monoisotopic (exact) mass is 181 g/mol. The Hall–Kier alpha value is -1.55. The number of methoxy groups -OCH3 is 1. The summed E-state index contributed by atoms with van der Waals surface area (Å²) in [7, 11) is 1.27. The maximum atomic E-state index is 11.0. The Morgan fingerprint density at radius 1 is 1.62 bits per heavy atom. The zero-order valence-corrected chi connectivity index (χ0v) is 7.23. The Morgan fingerprint density at radius 3 is 2.85 bits per heavy atom. The van der Waals surface area contributed by atoms with Gasteiger partial charge in [-0.1, -0.05) is 12.1 Å². The predicted octanol–water partition coefficient (Wildman–Crippen LogP) is 0.565. The maximum Gasteiger partial charge on any atom is 0.327 e. The van der Waals surface area contributed by atoms with Gasteiger partial charge in [-0.25, -0.2) is 0 Å². The molecule has 0 aliphatic rings. The van der Waals surface area contributed by atoms with Crippen molar-refractivity contribution >= 4 is 5.97 Å². The van der Waals surface area contributed by atoms with Gasteiger partial charge in [0.1, 0.15) is 11.8 Å². The van der Waals surface area contributed by atoms with E-state index >= 15 is 0 Å². The molecule has 0 heterocycles. The molecule has 1 atom stereocenters. The number of hydrogen-bond acceptors (Lipinski definition) is 4. The molecule has 70 valence electrons. The van der Waals surface area contributed by atoms with Crippen molar-refractivity contribution in [2.75, 3.05) is 7.11 Å². The van der Waals surface area contributed by atoms with E-state index in [4.69, 9.17) is 10.8 Å². The summed E-state index contributed by atoms with van der Waals surface area (Å²) in [6, 6.07) is 5.38. The first-order valence-electron chi connectivity index (χ1n) is 3.77. The van der Waals surface area contributed by atoms with Crippen LogP contribution in [0.3, 0.4) is 0 Å². The van der Waals surface area contributed by atoms with Gasteiger partial charge in [-0.2, -0.15) is 0 Å². The first kappa shape index (κ1) is 9.54. The van der Waals surface area contributed by atoms with Gasteiger partial charge in [0, 0.05) is 0 Å². The van der Waals surface area contributed by atoms with Crippen molar-refractivity contribution in [2.45, 2.75) is 6.04 Å². The summed E-state index contributed by atoms with van der Waals surface area (Å²) in [6.07, 6.45) is 0. The number of carbonyl (C=O) groups is 1. The minimum Gasteiger partial charge on any atom is -0.508 e. The molecule has 0 aromatic heterocycles. The topological polar surface area (TPSA) is 72.5 Å². The van der Waals surface area contributed by atoms with E-state index in [1.54, 1.807) is 12.1 Å².